The fourth-order valence-electron chi connectivity index (χ4n) is 3.57. The van der Waals surface area contributed by atoms with E-state index >= 15 is 0 Å². The molecule has 0 aliphatic rings. The van der Waals surface area contributed by atoms with Crippen molar-refractivity contribution in [3.05, 3.63) is 50.8 Å². The van der Waals surface area contributed by atoms with Gasteiger partial charge in [-0.1, -0.05) is 0 Å². The lowest BCUT2D eigenvalue weighted by molar-refractivity contribution is 0.00246. The molecule has 1 atom stereocenters. The smallest absolute Gasteiger partial charge is 0.348 e. The van der Waals surface area contributed by atoms with Crippen LogP contribution in [0.4, 0.5) is 0 Å². The number of aliphatic hydroxyl groups is 1. The van der Waals surface area contributed by atoms with Crippen LogP contribution in [-0.4, -0.2) is 72.1 Å². The largest absolute Gasteiger partial charge is 0.467 e. The molecule has 10 nitrogen and oxygen atoms in total. The normalized spacial score (nSPS) is 12.5. The number of esters is 1. The number of aromatic nitrogens is 2. The Morgan fingerprint density at radius 1 is 1.41 bits per heavy atom. The molecule has 11 heteroatoms. The molecule has 0 amide bonds. The van der Waals surface area contributed by atoms with Crippen molar-refractivity contribution in [3.8, 4) is 0 Å². The molecule has 2 N–H and O–H groups in total. The van der Waals surface area contributed by atoms with Gasteiger partial charge in [-0.15, -0.1) is 11.3 Å². The summed E-state index contributed by atoms with van der Waals surface area (Å²) in [6, 6.07) is 3.59. The van der Waals surface area contributed by atoms with E-state index in [1.165, 1.54) is 0 Å². The van der Waals surface area contributed by atoms with E-state index in [0.717, 1.165) is 17.8 Å². The molecule has 0 aliphatic heterocycles. The fraction of sp³-hybridized carbons (Fsp3) is 0.522. The van der Waals surface area contributed by atoms with Gasteiger partial charge in [0.2, 0.25) is 0 Å². The highest BCUT2D eigenvalue weighted by molar-refractivity contribution is 7.20. The summed E-state index contributed by atoms with van der Waals surface area (Å²) in [5.74, 6) is 0.686. The van der Waals surface area contributed by atoms with Gasteiger partial charge < -0.3 is 28.7 Å². The van der Waals surface area contributed by atoms with Crippen LogP contribution in [0.1, 0.15) is 40.2 Å². The number of carbonyl (C=O) groups excluding carboxylic acids is 1. The van der Waals surface area contributed by atoms with E-state index < -0.39 is 12.1 Å². The first-order valence-electron chi connectivity index (χ1n) is 11.1. The molecule has 0 saturated heterocycles. The molecule has 3 aromatic rings. The van der Waals surface area contributed by atoms with Crippen molar-refractivity contribution in [2.24, 2.45) is 0 Å². The molecule has 0 aliphatic carbocycles. The molecular formula is C23H31N3O7S. The quantitative estimate of drug-likeness (QED) is 0.257. The molecule has 3 heterocycles. The summed E-state index contributed by atoms with van der Waals surface area (Å²) in [6.45, 7) is 5.95. The van der Waals surface area contributed by atoms with Crippen molar-refractivity contribution in [1.82, 2.24) is 14.9 Å². The Bertz CT molecular complexity index is 1110. The van der Waals surface area contributed by atoms with Gasteiger partial charge in [-0.2, -0.15) is 0 Å². The standard InChI is InChI=1S/C23H31N3O7S/c1-4-32-23(29)20-15(2)19-21(28)24-18(25-22(19)34-20)12-26(8-6-9-30-3)11-16(27)13-31-14-17-7-5-10-33-17/h5,7,10,16,27H,4,6,8-9,11-14H2,1-3H3,(H,24,25,28). The van der Waals surface area contributed by atoms with Gasteiger partial charge in [0.15, 0.2) is 0 Å². The number of ether oxygens (including phenoxy) is 3. The van der Waals surface area contributed by atoms with Crippen molar-refractivity contribution in [1.29, 1.82) is 0 Å². The predicted octanol–water partition coefficient (Wildman–Crippen LogP) is 2.48. The summed E-state index contributed by atoms with van der Waals surface area (Å²) in [7, 11) is 1.63. The number of furan rings is 1. The summed E-state index contributed by atoms with van der Waals surface area (Å²) < 4.78 is 21.0. The number of carbonyl (C=O) groups is 1. The molecule has 0 bridgehead atoms. The number of fused-ring (bicyclic) bond motifs is 1. The van der Waals surface area contributed by atoms with E-state index in [1.807, 2.05) is 4.90 Å². The highest BCUT2D eigenvalue weighted by atomic mass is 32.1. The Morgan fingerprint density at radius 3 is 2.94 bits per heavy atom. The van der Waals surface area contributed by atoms with Crippen molar-refractivity contribution < 1.29 is 28.5 Å². The number of nitrogens with zero attached hydrogens (tertiary/aromatic N) is 2. The van der Waals surface area contributed by atoms with Crippen LogP contribution in [0, 0.1) is 6.92 Å². The first kappa shape index (κ1) is 26.0. The minimum Gasteiger partial charge on any atom is -0.467 e. The third-order valence-electron chi connectivity index (χ3n) is 5.11. The number of methoxy groups -OCH3 is 1. The van der Waals surface area contributed by atoms with Crippen molar-refractivity contribution >= 4 is 27.5 Å². The third kappa shape index (κ3) is 6.97. The Balaban J connectivity index is 1.70. The van der Waals surface area contributed by atoms with E-state index in [4.69, 9.17) is 18.6 Å². The molecule has 0 fully saturated rings. The highest BCUT2D eigenvalue weighted by Gasteiger charge is 2.21. The number of H-pyrrole nitrogens is 1. The van der Waals surface area contributed by atoms with Gasteiger partial charge in [0.1, 0.15) is 27.9 Å². The molecule has 0 aromatic carbocycles. The number of aryl methyl sites for hydroxylation is 1. The number of hydrogen-bond acceptors (Lipinski definition) is 10. The van der Waals surface area contributed by atoms with Gasteiger partial charge in [-0.05, 0) is 38.0 Å². The summed E-state index contributed by atoms with van der Waals surface area (Å²) >= 11 is 1.15. The van der Waals surface area contributed by atoms with Gasteiger partial charge in [0, 0.05) is 26.8 Å². The van der Waals surface area contributed by atoms with Crippen LogP contribution in [0.3, 0.4) is 0 Å². The number of hydrogen-bond donors (Lipinski definition) is 2. The number of aliphatic hydroxyl groups excluding tert-OH is 1. The van der Waals surface area contributed by atoms with Gasteiger partial charge in [0.25, 0.3) is 5.56 Å². The molecule has 0 spiro atoms. The number of aromatic amines is 1. The minimum absolute atomic E-state index is 0.136. The van der Waals surface area contributed by atoms with Crippen LogP contribution >= 0.6 is 11.3 Å². The Kier molecular flexibility index (Phi) is 9.78. The van der Waals surface area contributed by atoms with Crippen molar-refractivity contribution in [2.45, 2.75) is 39.5 Å². The Labute approximate surface area is 201 Å². The van der Waals surface area contributed by atoms with Gasteiger partial charge in [-0.3, -0.25) is 9.69 Å². The molecule has 1 unspecified atom stereocenters. The van der Waals surface area contributed by atoms with Crippen LogP contribution in [0.15, 0.2) is 27.6 Å². The summed E-state index contributed by atoms with van der Waals surface area (Å²) in [6.07, 6.45) is 1.57. The van der Waals surface area contributed by atoms with Crippen LogP contribution in [0.25, 0.3) is 10.2 Å². The monoisotopic (exact) mass is 493 g/mol. The Hall–Kier alpha value is -2.57. The molecule has 3 rings (SSSR count). The minimum atomic E-state index is -0.743. The molecule has 186 valence electrons. The topological polar surface area (TPSA) is 127 Å². The lowest BCUT2D eigenvalue weighted by atomic mass is 10.2. The maximum atomic E-state index is 12.8. The molecule has 0 radical (unpaired) electrons. The van der Waals surface area contributed by atoms with E-state index in [-0.39, 0.29) is 25.4 Å². The van der Waals surface area contributed by atoms with Gasteiger partial charge in [0.05, 0.1) is 37.5 Å². The average Bonchev–Trinajstić information content (AvgIpc) is 3.42. The molecule has 34 heavy (non-hydrogen) atoms. The average molecular weight is 494 g/mol. The van der Waals surface area contributed by atoms with Crippen LogP contribution in [-0.2, 0) is 27.4 Å². The van der Waals surface area contributed by atoms with Crippen LogP contribution in [0.2, 0.25) is 0 Å². The predicted molar refractivity (Wildman–Crippen MR) is 127 cm³/mol. The van der Waals surface area contributed by atoms with Crippen LogP contribution < -0.4 is 5.56 Å². The SMILES string of the molecule is CCOC(=O)c1sc2nc(CN(CCCOC)CC(O)COCc3ccco3)[nH]c(=O)c2c1C. The highest BCUT2D eigenvalue weighted by Crippen LogP contribution is 2.27. The van der Waals surface area contributed by atoms with Gasteiger partial charge >= 0.3 is 5.97 Å². The first-order valence-corrected chi connectivity index (χ1v) is 11.9. The summed E-state index contributed by atoms with van der Waals surface area (Å²) in [4.78, 5) is 35.3. The maximum Gasteiger partial charge on any atom is 0.348 e. The Morgan fingerprint density at radius 2 is 2.24 bits per heavy atom. The zero-order valence-electron chi connectivity index (χ0n) is 19.7. The lowest BCUT2D eigenvalue weighted by Crippen LogP contribution is -2.36. The number of rotatable bonds is 14. The number of nitrogens with one attached hydrogen (secondary N) is 1. The summed E-state index contributed by atoms with van der Waals surface area (Å²) in [5, 5.41) is 10.9. The number of thiophene rings is 1. The molecule has 3 aromatic heterocycles. The molecule has 0 saturated carbocycles. The van der Waals surface area contributed by atoms with E-state index in [0.29, 0.717) is 58.5 Å². The van der Waals surface area contributed by atoms with Crippen molar-refractivity contribution in [2.75, 3.05) is 40.0 Å². The summed E-state index contributed by atoms with van der Waals surface area (Å²) in [5.41, 5.74) is 0.267. The zero-order valence-corrected chi connectivity index (χ0v) is 20.5. The fourth-order valence-corrected chi connectivity index (χ4v) is 4.67. The maximum absolute atomic E-state index is 12.8. The third-order valence-corrected chi connectivity index (χ3v) is 6.28. The van der Waals surface area contributed by atoms with Crippen molar-refractivity contribution in [3.63, 3.8) is 0 Å². The second kappa shape index (κ2) is 12.8. The second-order valence-corrected chi connectivity index (χ2v) is 8.80. The van der Waals surface area contributed by atoms with Crippen LogP contribution in [0.5, 0.6) is 0 Å². The lowest BCUT2D eigenvalue weighted by Gasteiger charge is -2.24. The van der Waals surface area contributed by atoms with E-state index in [9.17, 15) is 14.7 Å². The van der Waals surface area contributed by atoms with E-state index in [1.54, 1.807) is 39.4 Å². The molecular weight excluding hydrogens is 462 g/mol. The second-order valence-electron chi connectivity index (χ2n) is 7.80. The van der Waals surface area contributed by atoms with E-state index in [2.05, 4.69) is 9.97 Å². The van der Waals surface area contributed by atoms with Gasteiger partial charge in [-0.25, -0.2) is 9.78 Å². The zero-order chi connectivity index (χ0) is 24.5. The first-order chi connectivity index (χ1) is 16.4.